The minimum absolute atomic E-state index is 0.229. The molecule has 0 saturated heterocycles. The molecule has 4 aromatic rings. The fourth-order valence-corrected chi connectivity index (χ4v) is 4.04. The standard InChI is InChI=1S/C27H21Cl2N3O4/c1-15(26(34)35)21-14-30-24(20-5-3-2-4-19(20)21)25(33)17-7-9-18(10-8-17)32-27(36)31-13-16-6-11-22(28)23(29)12-16/h2-12,14-15H,13H2,1H3,(H,34,35)(H2,31,32,36). The Morgan fingerprint density at radius 1 is 0.944 bits per heavy atom. The highest BCUT2D eigenvalue weighted by atomic mass is 35.5. The monoisotopic (exact) mass is 521 g/mol. The zero-order chi connectivity index (χ0) is 25.8. The number of carboxylic acid groups (broad SMARTS) is 1. The molecule has 0 fully saturated rings. The Morgan fingerprint density at radius 3 is 2.31 bits per heavy atom. The third-order valence-electron chi connectivity index (χ3n) is 5.72. The van der Waals surface area contributed by atoms with E-state index in [1.54, 1.807) is 73.7 Å². The molecule has 1 heterocycles. The highest BCUT2D eigenvalue weighted by molar-refractivity contribution is 6.42. The molecule has 1 unspecified atom stereocenters. The number of benzene rings is 3. The van der Waals surface area contributed by atoms with Crippen LogP contribution in [0.3, 0.4) is 0 Å². The van der Waals surface area contributed by atoms with E-state index in [1.807, 2.05) is 0 Å². The Labute approximate surface area is 217 Å². The van der Waals surface area contributed by atoms with Crippen molar-refractivity contribution in [1.29, 1.82) is 0 Å². The first-order valence-electron chi connectivity index (χ1n) is 11.0. The van der Waals surface area contributed by atoms with Crippen LogP contribution in [0.15, 0.2) is 72.9 Å². The summed E-state index contributed by atoms with van der Waals surface area (Å²) in [6, 6.07) is 18.2. The van der Waals surface area contributed by atoms with Crippen LogP contribution >= 0.6 is 23.2 Å². The van der Waals surface area contributed by atoms with E-state index >= 15 is 0 Å². The van der Waals surface area contributed by atoms with Gasteiger partial charge in [-0.3, -0.25) is 14.6 Å². The van der Waals surface area contributed by atoms with Crippen LogP contribution in [-0.4, -0.2) is 27.9 Å². The molecule has 0 spiro atoms. The van der Waals surface area contributed by atoms with Crippen LogP contribution in [0.4, 0.5) is 10.5 Å². The fourth-order valence-electron chi connectivity index (χ4n) is 3.72. The molecule has 0 bridgehead atoms. The van der Waals surface area contributed by atoms with E-state index in [2.05, 4.69) is 15.6 Å². The average molecular weight is 522 g/mol. The summed E-state index contributed by atoms with van der Waals surface area (Å²) in [4.78, 5) is 41.3. The number of hydrogen-bond acceptors (Lipinski definition) is 4. The highest BCUT2D eigenvalue weighted by Crippen LogP contribution is 2.28. The Kier molecular flexibility index (Phi) is 7.52. The lowest BCUT2D eigenvalue weighted by atomic mass is 9.94. The minimum atomic E-state index is -0.967. The zero-order valence-electron chi connectivity index (χ0n) is 19.1. The smallest absolute Gasteiger partial charge is 0.319 e. The summed E-state index contributed by atoms with van der Waals surface area (Å²) in [5, 5.41) is 17.0. The summed E-state index contributed by atoms with van der Waals surface area (Å²) >= 11 is 11.9. The lowest BCUT2D eigenvalue weighted by Crippen LogP contribution is -2.28. The van der Waals surface area contributed by atoms with Gasteiger partial charge in [-0.2, -0.15) is 0 Å². The lowest BCUT2D eigenvalue weighted by Gasteiger charge is -2.13. The van der Waals surface area contributed by atoms with Crippen molar-refractivity contribution in [2.75, 3.05) is 5.32 Å². The van der Waals surface area contributed by atoms with Gasteiger partial charge in [-0.25, -0.2) is 4.79 Å². The highest BCUT2D eigenvalue weighted by Gasteiger charge is 2.21. The number of nitrogens with one attached hydrogen (secondary N) is 2. The first kappa shape index (κ1) is 25.2. The van der Waals surface area contributed by atoms with Crippen LogP contribution in [-0.2, 0) is 11.3 Å². The number of ketones is 1. The molecular formula is C27H21Cl2N3O4. The van der Waals surface area contributed by atoms with E-state index in [0.29, 0.717) is 37.6 Å². The lowest BCUT2D eigenvalue weighted by molar-refractivity contribution is -0.138. The van der Waals surface area contributed by atoms with E-state index in [0.717, 1.165) is 5.56 Å². The van der Waals surface area contributed by atoms with Gasteiger partial charge < -0.3 is 15.7 Å². The molecule has 0 aliphatic rings. The number of anilines is 1. The summed E-state index contributed by atoms with van der Waals surface area (Å²) in [5.74, 6) is -2.04. The number of carbonyl (C=O) groups is 3. The molecule has 0 saturated carbocycles. The SMILES string of the molecule is CC(C(=O)O)c1cnc(C(=O)c2ccc(NC(=O)NCc3ccc(Cl)c(Cl)c3)cc2)c2ccccc12. The summed E-state index contributed by atoms with van der Waals surface area (Å²) in [5.41, 5.74) is 2.45. The number of nitrogens with zero attached hydrogens (tertiary/aromatic N) is 1. The minimum Gasteiger partial charge on any atom is -0.481 e. The van der Waals surface area contributed by atoms with Crippen LogP contribution in [0.2, 0.25) is 10.0 Å². The van der Waals surface area contributed by atoms with Crippen molar-refractivity contribution in [2.45, 2.75) is 19.4 Å². The predicted molar refractivity (Wildman–Crippen MR) is 140 cm³/mol. The van der Waals surface area contributed by atoms with Gasteiger partial charge in [0.05, 0.1) is 16.0 Å². The molecule has 0 aliphatic heterocycles. The van der Waals surface area contributed by atoms with E-state index in [-0.39, 0.29) is 18.0 Å². The summed E-state index contributed by atoms with van der Waals surface area (Å²) in [6.45, 7) is 1.84. The topological polar surface area (TPSA) is 108 Å². The van der Waals surface area contributed by atoms with Gasteiger partial charge in [-0.1, -0.05) is 53.5 Å². The number of amides is 2. The number of hydrogen-bond donors (Lipinski definition) is 3. The van der Waals surface area contributed by atoms with Crippen molar-refractivity contribution in [1.82, 2.24) is 10.3 Å². The van der Waals surface area contributed by atoms with Crippen LogP contribution in [0.1, 0.15) is 40.0 Å². The summed E-state index contributed by atoms with van der Waals surface area (Å²) in [7, 11) is 0. The van der Waals surface area contributed by atoms with Crippen LogP contribution < -0.4 is 10.6 Å². The first-order valence-corrected chi connectivity index (χ1v) is 11.7. The summed E-state index contributed by atoms with van der Waals surface area (Å²) < 4.78 is 0. The molecule has 1 aromatic heterocycles. The Hall–Kier alpha value is -3.94. The molecule has 9 heteroatoms. The van der Waals surface area contributed by atoms with Crippen molar-refractivity contribution in [2.24, 2.45) is 0 Å². The molecule has 0 aliphatic carbocycles. The second kappa shape index (κ2) is 10.8. The largest absolute Gasteiger partial charge is 0.481 e. The van der Waals surface area contributed by atoms with Gasteiger partial charge in [0, 0.05) is 29.4 Å². The number of aromatic nitrogens is 1. The molecule has 4 rings (SSSR count). The molecular weight excluding hydrogens is 501 g/mol. The fraction of sp³-hybridized carbons (Fsp3) is 0.111. The number of pyridine rings is 1. The van der Waals surface area contributed by atoms with Crippen LogP contribution in [0.25, 0.3) is 10.8 Å². The zero-order valence-corrected chi connectivity index (χ0v) is 20.6. The molecule has 3 N–H and O–H groups in total. The van der Waals surface area contributed by atoms with Gasteiger partial charge in [0.1, 0.15) is 5.69 Å². The number of carboxylic acids is 1. The Morgan fingerprint density at radius 2 is 1.64 bits per heavy atom. The quantitative estimate of drug-likeness (QED) is 0.248. The molecule has 1 atom stereocenters. The third-order valence-corrected chi connectivity index (χ3v) is 6.46. The maximum absolute atomic E-state index is 13.2. The van der Waals surface area contributed by atoms with Gasteiger partial charge in [0.25, 0.3) is 0 Å². The maximum atomic E-state index is 13.2. The maximum Gasteiger partial charge on any atom is 0.319 e. The predicted octanol–water partition coefficient (Wildman–Crippen LogP) is 6.28. The average Bonchev–Trinajstić information content (AvgIpc) is 2.88. The van der Waals surface area contributed by atoms with Gasteiger partial charge >= 0.3 is 12.0 Å². The van der Waals surface area contributed by atoms with E-state index < -0.39 is 17.9 Å². The second-order valence-electron chi connectivity index (χ2n) is 8.13. The van der Waals surface area contributed by atoms with Gasteiger partial charge in [0.15, 0.2) is 0 Å². The van der Waals surface area contributed by atoms with E-state index in [4.69, 9.17) is 23.2 Å². The molecule has 36 heavy (non-hydrogen) atoms. The normalized spacial score (nSPS) is 11.6. The molecule has 0 radical (unpaired) electrons. The van der Waals surface area contributed by atoms with Crippen molar-refractivity contribution >= 4 is 57.4 Å². The van der Waals surface area contributed by atoms with E-state index in [9.17, 15) is 19.5 Å². The number of aliphatic carboxylic acids is 1. The Bertz CT molecular complexity index is 1470. The van der Waals surface area contributed by atoms with Crippen LogP contribution in [0.5, 0.6) is 0 Å². The molecule has 3 aromatic carbocycles. The van der Waals surface area contributed by atoms with Gasteiger partial charge in [-0.05, 0) is 59.8 Å². The number of urea groups is 1. The van der Waals surface area contributed by atoms with Gasteiger partial charge in [0.2, 0.25) is 5.78 Å². The summed E-state index contributed by atoms with van der Waals surface area (Å²) in [6.07, 6.45) is 1.45. The van der Waals surface area contributed by atoms with Crippen molar-refractivity contribution in [3.63, 3.8) is 0 Å². The number of halogens is 2. The first-order chi connectivity index (χ1) is 17.2. The molecule has 7 nitrogen and oxygen atoms in total. The Balaban J connectivity index is 1.47. The van der Waals surface area contributed by atoms with Crippen molar-refractivity contribution in [3.8, 4) is 0 Å². The van der Waals surface area contributed by atoms with E-state index in [1.165, 1.54) is 6.20 Å². The van der Waals surface area contributed by atoms with Crippen molar-refractivity contribution in [3.05, 3.63) is 105 Å². The molecule has 2 amide bonds. The van der Waals surface area contributed by atoms with Gasteiger partial charge in [-0.15, -0.1) is 0 Å². The molecule has 182 valence electrons. The number of fused-ring (bicyclic) bond motifs is 1. The van der Waals surface area contributed by atoms with Crippen LogP contribution in [0, 0.1) is 0 Å². The number of rotatable bonds is 7. The number of carbonyl (C=O) groups excluding carboxylic acids is 2. The third kappa shape index (κ3) is 5.48. The van der Waals surface area contributed by atoms with Crippen molar-refractivity contribution < 1.29 is 19.5 Å². The second-order valence-corrected chi connectivity index (χ2v) is 8.94.